The highest BCUT2D eigenvalue weighted by molar-refractivity contribution is 5.94. The molecule has 1 aliphatic heterocycles. The molecule has 24 heavy (non-hydrogen) atoms. The molecule has 3 rings (SSSR count). The predicted molar refractivity (Wildman–Crippen MR) is 100 cm³/mol. The highest BCUT2D eigenvalue weighted by atomic mass is 16.1. The fourth-order valence-corrected chi connectivity index (χ4v) is 3.39. The van der Waals surface area contributed by atoms with Crippen molar-refractivity contribution in [3.05, 3.63) is 88.3 Å². The number of fused-ring (bicyclic) bond motifs is 1. The monoisotopic (exact) mass is 317 g/mol. The van der Waals surface area contributed by atoms with E-state index in [4.69, 9.17) is 0 Å². The van der Waals surface area contributed by atoms with E-state index < -0.39 is 0 Å². The van der Waals surface area contributed by atoms with Crippen LogP contribution >= 0.6 is 0 Å². The first-order chi connectivity index (χ1) is 11.5. The third kappa shape index (κ3) is 3.05. The van der Waals surface area contributed by atoms with Gasteiger partial charge in [-0.05, 0) is 49.5 Å². The topological polar surface area (TPSA) is 29.1 Å². The Morgan fingerprint density at radius 1 is 1.21 bits per heavy atom. The van der Waals surface area contributed by atoms with Gasteiger partial charge in [0.2, 0.25) is 0 Å². The summed E-state index contributed by atoms with van der Waals surface area (Å²) in [5.74, 6) is 0.147. The van der Waals surface area contributed by atoms with Gasteiger partial charge in [-0.2, -0.15) is 0 Å². The van der Waals surface area contributed by atoms with Gasteiger partial charge in [0, 0.05) is 23.4 Å². The van der Waals surface area contributed by atoms with Gasteiger partial charge in [0.1, 0.15) is 5.78 Å². The molecule has 0 amide bonds. The van der Waals surface area contributed by atoms with Crippen LogP contribution in [0.4, 0.5) is 0 Å². The molecule has 0 spiro atoms. The van der Waals surface area contributed by atoms with E-state index in [0.29, 0.717) is 6.42 Å². The van der Waals surface area contributed by atoms with Gasteiger partial charge in [-0.1, -0.05) is 54.6 Å². The average molecular weight is 317 g/mol. The summed E-state index contributed by atoms with van der Waals surface area (Å²) >= 11 is 0. The molecular weight excluding hydrogens is 294 g/mol. The van der Waals surface area contributed by atoms with Crippen molar-refractivity contribution >= 4 is 11.4 Å². The van der Waals surface area contributed by atoms with Crippen LogP contribution in [-0.2, 0) is 4.79 Å². The normalized spacial score (nSPS) is 17.7. The maximum absolute atomic E-state index is 11.8. The molecule has 1 heterocycles. The Morgan fingerprint density at radius 3 is 2.58 bits per heavy atom. The Hall–Kier alpha value is -2.61. The molecule has 1 N–H and O–H groups in total. The molecule has 0 fully saturated rings. The second-order valence-electron chi connectivity index (χ2n) is 6.57. The lowest BCUT2D eigenvalue weighted by atomic mass is 9.83. The first-order valence-corrected chi connectivity index (χ1v) is 8.30. The molecule has 0 unspecified atom stereocenters. The van der Waals surface area contributed by atoms with Crippen molar-refractivity contribution in [3.8, 4) is 0 Å². The lowest BCUT2D eigenvalue weighted by Gasteiger charge is -2.30. The molecule has 0 radical (unpaired) electrons. The van der Waals surface area contributed by atoms with Gasteiger partial charge in [0.25, 0.3) is 0 Å². The van der Waals surface area contributed by atoms with E-state index in [1.165, 1.54) is 16.7 Å². The van der Waals surface area contributed by atoms with Crippen LogP contribution in [0.3, 0.4) is 0 Å². The van der Waals surface area contributed by atoms with Crippen molar-refractivity contribution in [2.75, 3.05) is 0 Å². The molecular formula is C22H23NO. The maximum atomic E-state index is 11.8. The zero-order chi connectivity index (χ0) is 17.3. The molecule has 0 saturated heterocycles. The number of hydrogen-bond donors (Lipinski definition) is 1. The van der Waals surface area contributed by atoms with Crippen molar-refractivity contribution in [2.45, 2.75) is 33.6 Å². The highest BCUT2D eigenvalue weighted by Crippen LogP contribution is 2.41. The molecule has 0 bridgehead atoms. The van der Waals surface area contributed by atoms with Crippen LogP contribution < -0.4 is 5.32 Å². The van der Waals surface area contributed by atoms with Crippen LogP contribution in [-0.4, -0.2) is 5.78 Å². The number of carbonyl (C=O) groups excluding carboxylic acids is 1. The Balaban J connectivity index is 2.28. The average Bonchev–Trinajstić information content (AvgIpc) is 2.67. The number of benzene rings is 1. The van der Waals surface area contributed by atoms with Crippen molar-refractivity contribution in [1.82, 2.24) is 5.32 Å². The highest BCUT2D eigenvalue weighted by Gasteiger charge is 2.27. The van der Waals surface area contributed by atoms with E-state index in [1.807, 2.05) is 18.2 Å². The summed E-state index contributed by atoms with van der Waals surface area (Å²) in [7, 11) is 0. The lowest BCUT2D eigenvalue weighted by molar-refractivity contribution is -0.116. The van der Waals surface area contributed by atoms with Gasteiger partial charge in [-0.3, -0.25) is 4.79 Å². The zero-order valence-electron chi connectivity index (χ0n) is 14.6. The summed E-state index contributed by atoms with van der Waals surface area (Å²) in [4.78, 5) is 11.8. The lowest BCUT2D eigenvalue weighted by Crippen LogP contribution is -2.24. The zero-order valence-corrected chi connectivity index (χ0v) is 14.6. The van der Waals surface area contributed by atoms with Gasteiger partial charge in [0.05, 0.1) is 0 Å². The third-order valence-corrected chi connectivity index (χ3v) is 4.45. The van der Waals surface area contributed by atoms with E-state index in [-0.39, 0.29) is 5.78 Å². The van der Waals surface area contributed by atoms with Gasteiger partial charge < -0.3 is 5.32 Å². The SMILES string of the molecule is C=C1NC2=C(C)C=C(C)CC=C2C(c2ccccc2)=C1CC(C)=O. The van der Waals surface area contributed by atoms with Crippen LogP contribution in [0, 0.1) is 0 Å². The van der Waals surface area contributed by atoms with Crippen LogP contribution in [0.15, 0.2) is 82.7 Å². The second-order valence-corrected chi connectivity index (χ2v) is 6.57. The summed E-state index contributed by atoms with van der Waals surface area (Å²) in [6, 6.07) is 10.3. The number of nitrogens with one attached hydrogen (secondary N) is 1. The summed E-state index contributed by atoms with van der Waals surface area (Å²) < 4.78 is 0. The van der Waals surface area contributed by atoms with Crippen LogP contribution in [0.25, 0.3) is 5.57 Å². The minimum absolute atomic E-state index is 0.147. The molecule has 1 aromatic carbocycles. The van der Waals surface area contributed by atoms with E-state index >= 15 is 0 Å². The van der Waals surface area contributed by atoms with Crippen molar-refractivity contribution in [1.29, 1.82) is 0 Å². The molecule has 0 atom stereocenters. The van der Waals surface area contributed by atoms with Gasteiger partial charge in [-0.15, -0.1) is 0 Å². The first kappa shape index (κ1) is 16.3. The first-order valence-electron chi connectivity index (χ1n) is 8.30. The minimum Gasteiger partial charge on any atom is -0.355 e. The Labute approximate surface area is 144 Å². The largest absolute Gasteiger partial charge is 0.355 e. The Kier molecular flexibility index (Phi) is 4.39. The standard InChI is InChI=1S/C22H23NO/c1-14-10-11-19-21(18-8-6-5-7-9-18)20(13-16(3)24)17(4)23-22(19)15(2)12-14/h5-9,11-12,23H,4,10,13H2,1-3H3. The van der Waals surface area contributed by atoms with Crippen molar-refractivity contribution in [2.24, 2.45) is 0 Å². The Bertz CT molecular complexity index is 832. The van der Waals surface area contributed by atoms with E-state index in [1.54, 1.807) is 6.92 Å². The summed E-state index contributed by atoms with van der Waals surface area (Å²) in [5, 5.41) is 3.45. The fraction of sp³-hybridized carbons (Fsp3) is 0.227. The van der Waals surface area contributed by atoms with Crippen LogP contribution in [0.2, 0.25) is 0 Å². The van der Waals surface area contributed by atoms with Crippen molar-refractivity contribution < 1.29 is 4.79 Å². The number of Topliss-reactive ketones (excluding diaryl/α,β-unsaturated/α-hetero) is 1. The number of carbonyl (C=O) groups is 1. The maximum Gasteiger partial charge on any atom is 0.134 e. The molecule has 122 valence electrons. The summed E-state index contributed by atoms with van der Waals surface area (Å²) in [6.45, 7) is 10.1. The summed E-state index contributed by atoms with van der Waals surface area (Å²) in [6.07, 6.45) is 5.79. The minimum atomic E-state index is 0.147. The quantitative estimate of drug-likeness (QED) is 0.841. The molecule has 0 aromatic heterocycles. The Morgan fingerprint density at radius 2 is 1.92 bits per heavy atom. The number of allylic oxidation sites excluding steroid dienone is 6. The second kappa shape index (κ2) is 6.48. The van der Waals surface area contributed by atoms with Crippen LogP contribution in [0.5, 0.6) is 0 Å². The predicted octanol–water partition coefficient (Wildman–Crippen LogP) is 5.09. The van der Waals surface area contributed by atoms with Gasteiger partial charge in [-0.25, -0.2) is 0 Å². The molecule has 0 saturated carbocycles. The summed E-state index contributed by atoms with van der Waals surface area (Å²) in [5.41, 5.74) is 8.89. The van der Waals surface area contributed by atoms with E-state index in [2.05, 4.69) is 50.0 Å². The molecule has 2 aliphatic rings. The number of rotatable bonds is 3. The van der Waals surface area contributed by atoms with E-state index in [9.17, 15) is 4.79 Å². The van der Waals surface area contributed by atoms with Gasteiger partial charge >= 0.3 is 0 Å². The molecule has 2 nitrogen and oxygen atoms in total. The number of hydrogen-bond acceptors (Lipinski definition) is 2. The van der Waals surface area contributed by atoms with E-state index in [0.717, 1.165) is 34.5 Å². The number of ketones is 1. The van der Waals surface area contributed by atoms with Crippen LogP contribution in [0.1, 0.15) is 39.2 Å². The fourth-order valence-electron chi connectivity index (χ4n) is 3.39. The molecule has 1 aliphatic carbocycles. The van der Waals surface area contributed by atoms with Gasteiger partial charge in [0.15, 0.2) is 0 Å². The molecule has 2 heteroatoms. The third-order valence-electron chi connectivity index (χ3n) is 4.45. The molecule has 1 aromatic rings. The van der Waals surface area contributed by atoms with Crippen molar-refractivity contribution in [3.63, 3.8) is 0 Å². The smallest absolute Gasteiger partial charge is 0.134 e.